The average Bonchev–Trinajstić information content (AvgIpc) is 3.15. The summed E-state index contributed by atoms with van der Waals surface area (Å²) in [5.41, 5.74) is -0.207. The standard InChI is InChI=1S/C18H15N3O6S2/c1-10(22)19-17-20-21-18(29-17)28-9-13-7-14(23)15(8-26-13)27-16(24)11-3-5-12(25-2)6-4-11/h3-8H,9H2,1-2H3,(H,19,20,22). The number of benzene rings is 1. The fourth-order valence-corrected chi connectivity index (χ4v) is 3.77. The Morgan fingerprint density at radius 1 is 1.24 bits per heavy atom. The molecule has 0 aliphatic heterocycles. The second-order valence-corrected chi connectivity index (χ2v) is 7.74. The molecule has 0 saturated heterocycles. The van der Waals surface area contributed by atoms with Crippen LogP contribution in [0.1, 0.15) is 23.0 Å². The monoisotopic (exact) mass is 433 g/mol. The number of methoxy groups -OCH3 is 1. The third kappa shape index (κ3) is 5.65. The number of aromatic nitrogens is 2. The van der Waals surface area contributed by atoms with Crippen molar-refractivity contribution in [2.45, 2.75) is 17.0 Å². The summed E-state index contributed by atoms with van der Waals surface area (Å²) in [5, 5.41) is 10.7. The van der Waals surface area contributed by atoms with Gasteiger partial charge in [-0.1, -0.05) is 23.1 Å². The highest BCUT2D eigenvalue weighted by molar-refractivity contribution is 8.00. The molecule has 0 unspecified atom stereocenters. The van der Waals surface area contributed by atoms with E-state index in [0.29, 0.717) is 26.7 Å². The van der Waals surface area contributed by atoms with Gasteiger partial charge in [0.05, 0.1) is 18.4 Å². The topological polar surface area (TPSA) is 121 Å². The number of esters is 1. The molecule has 2 heterocycles. The Balaban J connectivity index is 1.60. The van der Waals surface area contributed by atoms with Crippen LogP contribution in [-0.2, 0) is 10.5 Å². The highest BCUT2D eigenvalue weighted by Gasteiger charge is 2.13. The fraction of sp³-hybridized carbons (Fsp3) is 0.167. The number of amides is 1. The molecule has 1 amide bonds. The van der Waals surface area contributed by atoms with Gasteiger partial charge in [0.25, 0.3) is 0 Å². The molecular weight excluding hydrogens is 418 g/mol. The van der Waals surface area contributed by atoms with E-state index in [-0.39, 0.29) is 17.2 Å². The van der Waals surface area contributed by atoms with Crippen molar-refractivity contribution >= 4 is 40.1 Å². The number of thioether (sulfide) groups is 1. The molecule has 150 valence electrons. The van der Waals surface area contributed by atoms with Gasteiger partial charge in [-0.25, -0.2) is 4.79 Å². The Bertz CT molecular complexity index is 1080. The summed E-state index contributed by atoms with van der Waals surface area (Å²) in [6, 6.07) is 7.55. The Kier molecular flexibility index (Phi) is 6.62. The second-order valence-electron chi connectivity index (χ2n) is 5.54. The maximum absolute atomic E-state index is 12.2. The maximum atomic E-state index is 12.2. The molecule has 0 fully saturated rings. The molecular formula is C18H15N3O6S2. The predicted octanol–water partition coefficient (Wildman–Crippen LogP) is 2.97. The van der Waals surface area contributed by atoms with E-state index in [2.05, 4.69) is 15.5 Å². The maximum Gasteiger partial charge on any atom is 0.343 e. The Labute approximate surface area is 173 Å². The first kappa shape index (κ1) is 20.6. The van der Waals surface area contributed by atoms with Crippen LogP contribution in [0.15, 0.2) is 50.1 Å². The molecule has 1 N–H and O–H groups in total. The molecule has 0 atom stereocenters. The van der Waals surface area contributed by atoms with Gasteiger partial charge in [0.15, 0.2) is 4.34 Å². The quantitative estimate of drug-likeness (QED) is 0.340. The minimum absolute atomic E-state index is 0.205. The number of nitrogens with zero attached hydrogens (tertiary/aromatic N) is 2. The highest BCUT2D eigenvalue weighted by atomic mass is 32.2. The Morgan fingerprint density at radius 2 is 2.00 bits per heavy atom. The molecule has 0 aliphatic rings. The van der Waals surface area contributed by atoms with Crippen LogP contribution in [0.25, 0.3) is 0 Å². The van der Waals surface area contributed by atoms with Crippen molar-refractivity contribution in [3.63, 3.8) is 0 Å². The molecule has 29 heavy (non-hydrogen) atoms. The number of hydrogen-bond donors (Lipinski definition) is 1. The van der Waals surface area contributed by atoms with E-state index in [1.807, 2.05) is 0 Å². The summed E-state index contributed by atoms with van der Waals surface area (Å²) < 4.78 is 16.1. The molecule has 0 spiro atoms. The number of anilines is 1. The van der Waals surface area contributed by atoms with Crippen LogP contribution in [0.5, 0.6) is 11.5 Å². The zero-order chi connectivity index (χ0) is 20.8. The van der Waals surface area contributed by atoms with Crippen molar-refractivity contribution in [3.8, 4) is 11.5 Å². The first-order valence-corrected chi connectivity index (χ1v) is 9.96. The highest BCUT2D eigenvalue weighted by Crippen LogP contribution is 2.28. The van der Waals surface area contributed by atoms with Crippen molar-refractivity contribution in [2.75, 3.05) is 12.4 Å². The van der Waals surface area contributed by atoms with E-state index in [9.17, 15) is 14.4 Å². The van der Waals surface area contributed by atoms with Gasteiger partial charge >= 0.3 is 5.97 Å². The molecule has 0 radical (unpaired) electrons. The van der Waals surface area contributed by atoms with Gasteiger partial charge in [-0.2, -0.15) is 0 Å². The third-order valence-corrected chi connectivity index (χ3v) is 5.40. The number of nitrogens with one attached hydrogen (secondary N) is 1. The van der Waals surface area contributed by atoms with Crippen LogP contribution < -0.4 is 20.2 Å². The van der Waals surface area contributed by atoms with Gasteiger partial charge < -0.3 is 19.2 Å². The zero-order valence-corrected chi connectivity index (χ0v) is 17.0. The van der Waals surface area contributed by atoms with Crippen molar-refractivity contribution < 1.29 is 23.5 Å². The molecule has 0 bridgehead atoms. The molecule has 2 aromatic heterocycles. The molecule has 1 aromatic carbocycles. The van der Waals surface area contributed by atoms with Crippen molar-refractivity contribution in [1.82, 2.24) is 10.2 Å². The van der Waals surface area contributed by atoms with Gasteiger partial charge in [0.1, 0.15) is 17.8 Å². The van der Waals surface area contributed by atoms with E-state index in [4.69, 9.17) is 13.9 Å². The SMILES string of the molecule is COc1ccc(C(=O)Oc2coc(CSc3nnc(NC(C)=O)s3)cc2=O)cc1. The van der Waals surface area contributed by atoms with Crippen LogP contribution in [0.2, 0.25) is 0 Å². The minimum Gasteiger partial charge on any atom is -0.497 e. The van der Waals surface area contributed by atoms with Gasteiger partial charge in [-0.15, -0.1) is 10.2 Å². The normalized spacial score (nSPS) is 10.4. The lowest BCUT2D eigenvalue weighted by Crippen LogP contribution is -2.14. The summed E-state index contributed by atoms with van der Waals surface area (Å²) in [6.07, 6.45) is 1.10. The van der Waals surface area contributed by atoms with Crippen molar-refractivity contribution in [2.24, 2.45) is 0 Å². The van der Waals surface area contributed by atoms with Crippen molar-refractivity contribution in [1.29, 1.82) is 0 Å². The first-order chi connectivity index (χ1) is 13.9. The number of carbonyl (C=O) groups is 2. The second kappa shape index (κ2) is 9.34. The van der Waals surface area contributed by atoms with Crippen molar-refractivity contribution in [3.05, 3.63) is 58.1 Å². The zero-order valence-electron chi connectivity index (χ0n) is 15.3. The van der Waals surface area contributed by atoms with Crippen LogP contribution in [-0.4, -0.2) is 29.2 Å². The minimum atomic E-state index is -0.679. The molecule has 3 aromatic rings. The first-order valence-electron chi connectivity index (χ1n) is 8.16. The largest absolute Gasteiger partial charge is 0.497 e. The van der Waals surface area contributed by atoms with Crippen LogP contribution in [0.3, 0.4) is 0 Å². The van der Waals surface area contributed by atoms with Gasteiger partial charge in [-0.3, -0.25) is 9.59 Å². The van der Waals surface area contributed by atoms with Crippen LogP contribution in [0, 0.1) is 0 Å². The number of ether oxygens (including phenoxy) is 2. The molecule has 0 saturated carbocycles. The Hall–Kier alpha value is -3.18. The molecule has 11 heteroatoms. The van der Waals surface area contributed by atoms with E-state index < -0.39 is 11.4 Å². The smallest absolute Gasteiger partial charge is 0.343 e. The van der Waals surface area contributed by atoms with E-state index in [0.717, 1.165) is 6.26 Å². The summed E-state index contributed by atoms with van der Waals surface area (Å²) >= 11 is 2.50. The molecule has 3 rings (SSSR count). The summed E-state index contributed by atoms with van der Waals surface area (Å²) in [7, 11) is 1.52. The van der Waals surface area contributed by atoms with Gasteiger partial charge in [0.2, 0.25) is 22.2 Å². The van der Waals surface area contributed by atoms with E-state index in [1.165, 1.54) is 55.3 Å². The number of rotatable bonds is 7. The number of hydrogen-bond acceptors (Lipinski definition) is 10. The Morgan fingerprint density at radius 3 is 2.66 bits per heavy atom. The molecule has 9 nitrogen and oxygen atoms in total. The number of carbonyl (C=O) groups excluding carboxylic acids is 2. The van der Waals surface area contributed by atoms with Gasteiger partial charge in [-0.05, 0) is 24.3 Å². The van der Waals surface area contributed by atoms with Gasteiger partial charge in [0, 0.05) is 13.0 Å². The molecule has 0 aliphatic carbocycles. The lowest BCUT2D eigenvalue weighted by atomic mass is 10.2. The summed E-state index contributed by atoms with van der Waals surface area (Å²) in [6.45, 7) is 1.38. The fourth-order valence-electron chi connectivity index (χ4n) is 2.08. The summed E-state index contributed by atoms with van der Waals surface area (Å²) in [4.78, 5) is 35.4. The average molecular weight is 433 g/mol. The lowest BCUT2D eigenvalue weighted by Gasteiger charge is -2.05. The van der Waals surface area contributed by atoms with Crippen LogP contribution in [0.4, 0.5) is 5.13 Å². The van der Waals surface area contributed by atoms with E-state index in [1.54, 1.807) is 12.1 Å². The van der Waals surface area contributed by atoms with E-state index >= 15 is 0 Å². The van der Waals surface area contributed by atoms with Crippen LogP contribution >= 0.6 is 23.1 Å². The summed E-state index contributed by atoms with van der Waals surface area (Å²) in [5.74, 6) is 0.174. The third-order valence-electron chi connectivity index (χ3n) is 3.41. The predicted molar refractivity (Wildman–Crippen MR) is 107 cm³/mol. The lowest BCUT2D eigenvalue weighted by molar-refractivity contribution is -0.114.